The van der Waals surface area contributed by atoms with E-state index in [1.54, 1.807) is 12.3 Å². The van der Waals surface area contributed by atoms with E-state index in [2.05, 4.69) is 32.9 Å². The summed E-state index contributed by atoms with van der Waals surface area (Å²) in [6.45, 7) is 2.37. The van der Waals surface area contributed by atoms with Gasteiger partial charge in [0.15, 0.2) is 0 Å². The highest BCUT2D eigenvalue weighted by molar-refractivity contribution is 14.1. The van der Waals surface area contributed by atoms with E-state index in [0.29, 0.717) is 23.7 Å². The van der Waals surface area contributed by atoms with Gasteiger partial charge in [0.2, 0.25) is 5.89 Å². The predicted molar refractivity (Wildman–Crippen MR) is 97.0 cm³/mol. The Morgan fingerprint density at radius 2 is 1.91 bits per heavy atom. The molecule has 2 aromatic carbocycles. The molecule has 0 fully saturated rings. The average molecular weight is 418 g/mol. The number of aromatic nitrogens is 1. The fourth-order valence-electron chi connectivity index (χ4n) is 2.13. The van der Waals surface area contributed by atoms with Gasteiger partial charge in [-0.3, -0.25) is 4.79 Å². The highest BCUT2D eigenvalue weighted by Crippen LogP contribution is 2.19. The maximum absolute atomic E-state index is 12.2. The lowest BCUT2D eigenvalue weighted by Crippen LogP contribution is -2.23. The Labute approximate surface area is 148 Å². The lowest BCUT2D eigenvalue weighted by Gasteiger charge is -2.04. The molecule has 0 radical (unpaired) electrons. The minimum atomic E-state index is -0.116. The Kier molecular flexibility index (Phi) is 4.76. The fourth-order valence-corrected chi connectivity index (χ4v) is 2.76. The number of benzene rings is 2. The van der Waals surface area contributed by atoms with Crippen LogP contribution in [0.2, 0.25) is 0 Å². The van der Waals surface area contributed by atoms with Gasteiger partial charge in [0.05, 0.1) is 17.8 Å². The number of amides is 1. The number of hydrogen-bond acceptors (Lipinski definition) is 3. The fraction of sp³-hybridized carbons (Fsp3) is 0.111. The van der Waals surface area contributed by atoms with E-state index in [0.717, 1.165) is 9.13 Å². The molecule has 1 N–H and O–H groups in total. The summed E-state index contributed by atoms with van der Waals surface area (Å²) in [5, 5.41) is 2.86. The molecule has 0 bridgehead atoms. The molecule has 116 valence electrons. The topological polar surface area (TPSA) is 55.1 Å². The Balaban J connectivity index is 1.67. The monoisotopic (exact) mass is 418 g/mol. The van der Waals surface area contributed by atoms with Crippen molar-refractivity contribution in [3.63, 3.8) is 0 Å². The highest BCUT2D eigenvalue weighted by atomic mass is 127. The summed E-state index contributed by atoms with van der Waals surface area (Å²) in [4.78, 5) is 16.6. The van der Waals surface area contributed by atoms with Crippen LogP contribution in [0.25, 0.3) is 11.5 Å². The Hall–Kier alpha value is -2.15. The number of nitrogens with zero attached hydrogens (tertiary/aromatic N) is 1. The van der Waals surface area contributed by atoms with Gasteiger partial charge < -0.3 is 9.73 Å². The quantitative estimate of drug-likeness (QED) is 0.647. The number of carbonyl (C=O) groups excluding carboxylic acids is 1. The number of oxazole rings is 1. The van der Waals surface area contributed by atoms with Crippen molar-refractivity contribution in [1.82, 2.24) is 10.3 Å². The van der Waals surface area contributed by atoms with Crippen LogP contribution in [-0.4, -0.2) is 10.9 Å². The molecule has 3 rings (SSSR count). The molecule has 3 aromatic rings. The predicted octanol–water partition coefficient (Wildman–Crippen LogP) is 4.18. The number of hydrogen-bond donors (Lipinski definition) is 1. The van der Waals surface area contributed by atoms with Gasteiger partial charge in [-0.15, -0.1) is 0 Å². The second-order valence-electron chi connectivity index (χ2n) is 5.17. The molecular weight excluding hydrogens is 403 g/mol. The third kappa shape index (κ3) is 3.79. The van der Waals surface area contributed by atoms with E-state index in [9.17, 15) is 4.79 Å². The summed E-state index contributed by atoms with van der Waals surface area (Å²) in [7, 11) is 0. The molecule has 1 amide bonds. The minimum Gasteiger partial charge on any atom is -0.444 e. The van der Waals surface area contributed by atoms with E-state index in [4.69, 9.17) is 4.42 Å². The molecule has 0 aliphatic heterocycles. The number of nitrogens with one attached hydrogen (secondary N) is 1. The first-order chi connectivity index (χ1) is 11.1. The molecule has 4 nitrogen and oxygen atoms in total. The Bertz CT molecular complexity index is 825. The van der Waals surface area contributed by atoms with E-state index in [1.807, 2.05) is 49.4 Å². The lowest BCUT2D eigenvalue weighted by molar-refractivity contribution is 0.0949. The van der Waals surface area contributed by atoms with Gasteiger partial charge in [0, 0.05) is 9.13 Å². The first-order valence-electron chi connectivity index (χ1n) is 7.17. The molecule has 0 saturated heterocycles. The molecule has 0 spiro atoms. The zero-order chi connectivity index (χ0) is 16.2. The molecule has 1 aromatic heterocycles. The van der Waals surface area contributed by atoms with Gasteiger partial charge >= 0.3 is 0 Å². The first-order valence-corrected chi connectivity index (χ1v) is 8.25. The van der Waals surface area contributed by atoms with Crippen LogP contribution >= 0.6 is 22.6 Å². The molecule has 1 heterocycles. The number of aryl methyl sites for hydroxylation is 1. The van der Waals surface area contributed by atoms with Gasteiger partial charge in [0.1, 0.15) is 6.26 Å². The first kappa shape index (κ1) is 15.7. The second-order valence-corrected chi connectivity index (χ2v) is 6.33. The minimum absolute atomic E-state index is 0.116. The molecule has 0 saturated carbocycles. The third-order valence-corrected chi connectivity index (χ3v) is 4.34. The van der Waals surface area contributed by atoms with Crippen molar-refractivity contribution >= 4 is 28.5 Å². The third-order valence-electron chi connectivity index (χ3n) is 3.40. The summed E-state index contributed by atoms with van der Waals surface area (Å²) in [5.74, 6) is 0.443. The summed E-state index contributed by atoms with van der Waals surface area (Å²) < 4.78 is 6.41. The standard InChI is InChI=1S/C18H15IN2O2/c1-12-6-8-13(9-7-12)18-21-14(11-23-18)10-20-17(22)15-4-2-3-5-16(15)19/h2-9,11H,10H2,1H3,(H,20,22). The van der Waals surface area contributed by atoms with Crippen LogP contribution in [-0.2, 0) is 6.54 Å². The Morgan fingerprint density at radius 1 is 1.17 bits per heavy atom. The van der Waals surface area contributed by atoms with Crippen molar-refractivity contribution in [2.75, 3.05) is 0 Å². The summed E-state index contributed by atoms with van der Waals surface area (Å²) in [5.41, 5.74) is 3.46. The van der Waals surface area contributed by atoms with Gasteiger partial charge in [-0.25, -0.2) is 4.98 Å². The zero-order valence-electron chi connectivity index (χ0n) is 12.5. The van der Waals surface area contributed by atoms with Crippen molar-refractivity contribution in [3.05, 3.63) is 75.2 Å². The van der Waals surface area contributed by atoms with E-state index in [-0.39, 0.29) is 5.91 Å². The number of halogens is 1. The summed E-state index contributed by atoms with van der Waals surface area (Å²) in [6.07, 6.45) is 1.57. The number of carbonyl (C=O) groups is 1. The molecule has 0 aliphatic rings. The molecule has 5 heteroatoms. The van der Waals surface area contributed by atoms with Crippen molar-refractivity contribution < 1.29 is 9.21 Å². The molecule has 23 heavy (non-hydrogen) atoms. The van der Waals surface area contributed by atoms with Crippen LogP contribution in [0.4, 0.5) is 0 Å². The van der Waals surface area contributed by atoms with Gasteiger partial charge in [-0.2, -0.15) is 0 Å². The van der Waals surface area contributed by atoms with Crippen LogP contribution in [0.5, 0.6) is 0 Å². The van der Waals surface area contributed by atoms with Crippen LogP contribution in [0.15, 0.2) is 59.2 Å². The number of rotatable bonds is 4. The van der Waals surface area contributed by atoms with Gasteiger partial charge in [0.25, 0.3) is 5.91 Å². The SMILES string of the molecule is Cc1ccc(-c2nc(CNC(=O)c3ccccc3I)co2)cc1. The van der Waals surface area contributed by atoms with E-state index >= 15 is 0 Å². The largest absolute Gasteiger partial charge is 0.444 e. The summed E-state index contributed by atoms with van der Waals surface area (Å²) >= 11 is 2.15. The molecule has 0 atom stereocenters. The van der Waals surface area contributed by atoms with Crippen molar-refractivity contribution in [1.29, 1.82) is 0 Å². The lowest BCUT2D eigenvalue weighted by atomic mass is 10.1. The van der Waals surface area contributed by atoms with Crippen LogP contribution in [0.1, 0.15) is 21.6 Å². The summed E-state index contributed by atoms with van der Waals surface area (Å²) in [6, 6.07) is 15.4. The molecular formula is C18H15IN2O2. The maximum atomic E-state index is 12.2. The Morgan fingerprint density at radius 3 is 2.65 bits per heavy atom. The van der Waals surface area contributed by atoms with Crippen molar-refractivity contribution in [2.45, 2.75) is 13.5 Å². The van der Waals surface area contributed by atoms with E-state index in [1.165, 1.54) is 5.56 Å². The second kappa shape index (κ2) is 6.95. The van der Waals surface area contributed by atoms with E-state index < -0.39 is 0 Å². The van der Waals surface area contributed by atoms with Crippen LogP contribution in [0, 0.1) is 10.5 Å². The maximum Gasteiger partial charge on any atom is 0.252 e. The smallest absolute Gasteiger partial charge is 0.252 e. The van der Waals surface area contributed by atoms with Gasteiger partial charge in [-0.05, 0) is 53.8 Å². The van der Waals surface area contributed by atoms with Crippen LogP contribution < -0.4 is 5.32 Å². The normalized spacial score (nSPS) is 10.5. The van der Waals surface area contributed by atoms with Gasteiger partial charge in [-0.1, -0.05) is 29.8 Å². The average Bonchev–Trinajstić information content (AvgIpc) is 3.03. The molecule has 0 aliphatic carbocycles. The molecule has 0 unspecified atom stereocenters. The van der Waals surface area contributed by atoms with Crippen molar-refractivity contribution in [3.8, 4) is 11.5 Å². The van der Waals surface area contributed by atoms with Crippen molar-refractivity contribution in [2.24, 2.45) is 0 Å². The van der Waals surface area contributed by atoms with Crippen LogP contribution in [0.3, 0.4) is 0 Å². The highest BCUT2D eigenvalue weighted by Gasteiger charge is 2.11. The zero-order valence-corrected chi connectivity index (χ0v) is 14.7.